The normalized spacial score (nSPS) is 15.5. The van der Waals surface area contributed by atoms with E-state index in [0.717, 1.165) is 44.2 Å². The van der Waals surface area contributed by atoms with Crippen LogP contribution >= 0.6 is 0 Å². The van der Waals surface area contributed by atoms with Crippen LogP contribution in [0.2, 0.25) is 0 Å². The SMILES string of the molecule is COc1cccc(CN2CCN(CC(=O)Nc3ccc(C)c(C)c3)CC2)c1. The van der Waals surface area contributed by atoms with Crippen LogP contribution in [0.15, 0.2) is 42.5 Å². The lowest BCUT2D eigenvalue weighted by atomic mass is 10.1. The van der Waals surface area contributed by atoms with Gasteiger partial charge in [0.2, 0.25) is 5.91 Å². The lowest BCUT2D eigenvalue weighted by molar-refractivity contribution is -0.117. The van der Waals surface area contributed by atoms with E-state index in [1.54, 1.807) is 7.11 Å². The van der Waals surface area contributed by atoms with E-state index in [0.29, 0.717) is 6.54 Å². The average Bonchev–Trinajstić information content (AvgIpc) is 2.66. The molecule has 144 valence electrons. The minimum Gasteiger partial charge on any atom is -0.497 e. The molecule has 0 aromatic heterocycles. The first-order chi connectivity index (χ1) is 13.0. The highest BCUT2D eigenvalue weighted by molar-refractivity contribution is 5.92. The van der Waals surface area contributed by atoms with Gasteiger partial charge >= 0.3 is 0 Å². The molecule has 2 aromatic carbocycles. The number of piperazine rings is 1. The first kappa shape index (κ1) is 19.4. The van der Waals surface area contributed by atoms with Gasteiger partial charge in [-0.05, 0) is 54.8 Å². The molecule has 0 radical (unpaired) electrons. The Morgan fingerprint density at radius 1 is 1.00 bits per heavy atom. The molecule has 2 aromatic rings. The molecule has 1 aliphatic heterocycles. The molecule has 1 N–H and O–H groups in total. The zero-order valence-electron chi connectivity index (χ0n) is 16.5. The summed E-state index contributed by atoms with van der Waals surface area (Å²) in [5, 5.41) is 3.01. The van der Waals surface area contributed by atoms with Crippen LogP contribution in [-0.4, -0.2) is 55.5 Å². The predicted octanol–water partition coefficient (Wildman–Crippen LogP) is 3.07. The topological polar surface area (TPSA) is 44.8 Å². The van der Waals surface area contributed by atoms with Gasteiger partial charge in [0, 0.05) is 38.4 Å². The van der Waals surface area contributed by atoms with E-state index >= 15 is 0 Å². The monoisotopic (exact) mass is 367 g/mol. The van der Waals surface area contributed by atoms with E-state index in [1.165, 1.54) is 16.7 Å². The standard InChI is InChI=1S/C22H29N3O2/c1-17-7-8-20(13-18(17)2)23-22(26)16-25-11-9-24(10-12-25)15-19-5-4-6-21(14-19)27-3/h4-8,13-14H,9-12,15-16H2,1-3H3,(H,23,26). The minimum absolute atomic E-state index is 0.0551. The van der Waals surface area contributed by atoms with Crippen LogP contribution in [0.4, 0.5) is 5.69 Å². The molecule has 0 saturated carbocycles. The molecule has 0 unspecified atom stereocenters. The summed E-state index contributed by atoms with van der Waals surface area (Å²) < 4.78 is 5.30. The van der Waals surface area contributed by atoms with Crippen LogP contribution in [0.3, 0.4) is 0 Å². The molecule has 0 aliphatic carbocycles. The lowest BCUT2D eigenvalue weighted by Gasteiger charge is -2.34. The summed E-state index contributed by atoms with van der Waals surface area (Å²) in [5.74, 6) is 0.952. The van der Waals surface area contributed by atoms with Crippen molar-refractivity contribution in [3.05, 3.63) is 59.2 Å². The summed E-state index contributed by atoms with van der Waals surface area (Å²) in [6.45, 7) is 9.25. The van der Waals surface area contributed by atoms with Gasteiger partial charge in [-0.15, -0.1) is 0 Å². The van der Waals surface area contributed by atoms with Crippen LogP contribution in [0.25, 0.3) is 0 Å². The van der Waals surface area contributed by atoms with Gasteiger partial charge in [0.15, 0.2) is 0 Å². The molecule has 1 heterocycles. The molecule has 1 fully saturated rings. The van der Waals surface area contributed by atoms with E-state index in [2.05, 4.69) is 41.1 Å². The van der Waals surface area contributed by atoms with Crippen LogP contribution in [0, 0.1) is 13.8 Å². The first-order valence-corrected chi connectivity index (χ1v) is 9.48. The highest BCUT2D eigenvalue weighted by Gasteiger charge is 2.19. The maximum atomic E-state index is 12.3. The first-order valence-electron chi connectivity index (χ1n) is 9.48. The Bertz CT molecular complexity index is 783. The Hall–Kier alpha value is -2.37. The number of carbonyl (C=O) groups excluding carboxylic acids is 1. The Balaban J connectivity index is 1.44. The lowest BCUT2D eigenvalue weighted by Crippen LogP contribution is -2.48. The van der Waals surface area contributed by atoms with Crippen molar-refractivity contribution >= 4 is 11.6 Å². The van der Waals surface area contributed by atoms with E-state index in [9.17, 15) is 4.79 Å². The van der Waals surface area contributed by atoms with Crippen molar-refractivity contribution in [1.82, 2.24) is 9.80 Å². The molecule has 27 heavy (non-hydrogen) atoms. The fraction of sp³-hybridized carbons (Fsp3) is 0.409. The summed E-state index contributed by atoms with van der Waals surface area (Å²) in [4.78, 5) is 17.0. The highest BCUT2D eigenvalue weighted by atomic mass is 16.5. The molecule has 3 rings (SSSR count). The summed E-state index contributed by atoms with van der Waals surface area (Å²) in [6, 6.07) is 14.3. The second-order valence-corrected chi connectivity index (χ2v) is 7.25. The summed E-state index contributed by atoms with van der Waals surface area (Å²) in [7, 11) is 1.70. The number of ether oxygens (including phenoxy) is 1. The van der Waals surface area contributed by atoms with Gasteiger partial charge in [0.25, 0.3) is 0 Å². The second kappa shape index (κ2) is 9.02. The summed E-state index contributed by atoms with van der Waals surface area (Å²) in [5.41, 5.74) is 4.56. The Morgan fingerprint density at radius 2 is 1.74 bits per heavy atom. The maximum absolute atomic E-state index is 12.3. The van der Waals surface area contributed by atoms with Crippen LogP contribution in [0.1, 0.15) is 16.7 Å². The van der Waals surface area contributed by atoms with Crippen molar-refractivity contribution < 1.29 is 9.53 Å². The van der Waals surface area contributed by atoms with Crippen molar-refractivity contribution in [2.75, 3.05) is 45.2 Å². The number of nitrogens with zero attached hydrogens (tertiary/aromatic N) is 2. The van der Waals surface area contributed by atoms with E-state index < -0.39 is 0 Å². The van der Waals surface area contributed by atoms with Crippen molar-refractivity contribution in [2.24, 2.45) is 0 Å². The Kier molecular flexibility index (Phi) is 6.48. The number of nitrogens with one attached hydrogen (secondary N) is 1. The molecular weight excluding hydrogens is 338 g/mol. The van der Waals surface area contributed by atoms with Crippen molar-refractivity contribution in [3.63, 3.8) is 0 Å². The molecule has 1 saturated heterocycles. The van der Waals surface area contributed by atoms with Crippen molar-refractivity contribution in [3.8, 4) is 5.75 Å². The third-order valence-corrected chi connectivity index (χ3v) is 5.16. The van der Waals surface area contributed by atoms with Gasteiger partial charge in [-0.2, -0.15) is 0 Å². The number of carbonyl (C=O) groups is 1. The number of hydrogen-bond acceptors (Lipinski definition) is 4. The van der Waals surface area contributed by atoms with E-state index in [4.69, 9.17) is 4.74 Å². The maximum Gasteiger partial charge on any atom is 0.238 e. The molecular formula is C22H29N3O2. The van der Waals surface area contributed by atoms with Gasteiger partial charge in [-0.25, -0.2) is 0 Å². The third kappa shape index (κ3) is 5.55. The minimum atomic E-state index is 0.0551. The van der Waals surface area contributed by atoms with Gasteiger partial charge in [-0.3, -0.25) is 14.6 Å². The van der Waals surface area contributed by atoms with Gasteiger partial charge in [0.1, 0.15) is 5.75 Å². The quantitative estimate of drug-likeness (QED) is 0.852. The molecule has 5 nitrogen and oxygen atoms in total. The highest BCUT2D eigenvalue weighted by Crippen LogP contribution is 2.16. The number of methoxy groups -OCH3 is 1. The zero-order valence-corrected chi connectivity index (χ0v) is 16.5. The number of anilines is 1. The van der Waals surface area contributed by atoms with Crippen LogP contribution in [0.5, 0.6) is 5.75 Å². The second-order valence-electron chi connectivity index (χ2n) is 7.25. The Morgan fingerprint density at radius 3 is 2.44 bits per heavy atom. The summed E-state index contributed by atoms with van der Waals surface area (Å²) >= 11 is 0. The number of aryl methyl sites for hydroxylation is 2. The van der Waals surface area contributed by atoms with E-state index in [1.807, 2.05) is 30.3 Å². The predicted molar refractivity (Wildman–Crippen MR) is 109 cm³/mol. The molecule has 1 aliphatic rings. The van der Waals surface area contributed by atoms with Gasteiger partial charge in [-0.1, -0.05) is 18.2 Å². The van der Waals surface area contributed by atoms with Gasteiger partial charge < -0.3 is 10.1 Å². The zero-order chi connectivity index (χ0) is 19.2. The summed E-state index contributed by atoms with van der Waals surface area (Å²) in [6.07, 6.45) is 0. The molecule has 0 spiro atoms. The van der Waals surface area contributed by atoms with Gasteiger partial charge in [0.05, 0.1) is 13.7 Å². The van der Waals surface area contributed by atoms with Crippen molar-refractivity contribution in [2.45, 2.75) is 20.4 Å². The van der Waals surface area contributed by atoms with E-state index in [-0.39, 0.29) is 5.91 Å². The number of benzene rings is 2. The third-order valence-electron chi connectivity index (χ3n) is 5.16. The molecule has 0 atom stereocenters. The Labute approximate surface area is 161 Å². The largest absolute Gasteiger partial charge is 0.497 e. The molecule has 1 amide bonds. The molecule has 0 bridgehead atoms. The smallest absolute Gasteiger partial charge is 0.238 e. The molecule has 5 heteroatoms. The van der Waals surface area contributed by atoms with Crippen molar-refractivity contribution in [1.29, 1.82) is 0 Å². The van der Waals surface area contributed by atoms with Crippen LogP contribution in [-0.2, 0) is 11.3 Å². The van der Waals surface area contributed by atoms with Crippen LogP contribution < -0.4 is 10.1 Å². The number of rotatable bonds is 6. The number of amides is 1. The average molecular weight is 367 g/mol. The number of hydrogen-bond donors (Lipinski definition) is 1. The fourth-order valence-electron chi connectivity index (χ4n) is 3.36. The fourth-order valence-corrected chi connectivity index (χ4v) is 3.36.